The van der Waals surface area contributed by atoms with Gasteiger partial charge in [-0.15, -0.1) is 0 Å². The van der Waals surface area contributed by atoms with Crippen LogP contribution in [0.3, 0.4) is 0 Å². The lowest BCUT2D eigenvalue weighted by molar-refractivity contribution is -0.143. The van der Waals surface area contributed by atoms with Crippen LogP contribution < -0.4 is 10.1 Å². The molecular weight excluding hydrogens is 459 g/mol. The third kappa shape index (κ3) is 7.38. The molecule has 0 aliphatic rings. The van der Waals surface area contributed by atoms with E-state index >= 15 is 0 Å². The normalized spacial score (nSPS) is 12.3. The minimum absolute atomic E-state index is 0.0998. The van der Waals surface area contributed by atoms with Gasteiger partial charge in [-0.05, 0) is 82.9 Å². The lowest BCUT2D eigenvalue weighted by Gasteiger charge is -2.33. The summed E-state index contributed by atoms with van der Waals surface area (Å²) < 4.78 is 5.93. The van der Waals surface area contributed by atoms with Crippen LogP contribution in [-0.4, -0.2) is 34.9 Å². The Kier molecular flexibility index (Phi) is 9.21. The SMILES string of the molecule is CCC(C(=O)NC(C)(C)C)N(Cc1c(Cl)cccc1Cl)C(=O)COc1cc(C)cc(C)c1C. The number of carbonyl (C=O) groups is 2. The average Bonchev–Trinajstić information content (AvgIpc) is 2.70. The number of nitrogens with one attached hydrogen (secondary N) is 1. The highest BCUT2D eigenvalue weighted by Crippen LogP contribution is 2.28. The van der Waals surface area contributed by atoms with Crippen molar-refractivity contribution in [2.45, 2.75) is 73.0 Å². The third-order valence-electron chi connectivity index (χ3n) is 5.39. The Hall–Kier alpha value is -2.24. The van der Waals surface area contributed by atoms with Crippen LogP contribution in [-0.2, 0) is 16.1 Å². The minimum Gasteiger partial charge on any atom is -0.483 e. The molecular formula is C26H34Cl2N2O3. The number of rotatable bonds is 8. The van der Waals surface area contributed by atoms with Gasteiger partial charge in [0.15, 0.2) is 6.61 Å². The Morgan fingerprint density at radius 2 is 1.70 bits per heavy atom. The first-order chi connectivity index (χ1) is 15.3. The van der Waals surface area contributed by atoms with Crippen LogP contribution in [0.1, 0.15) is 56.4 Å². The maximum Gasteiger partial charge on any atom is 0.261 e. The summed E-state index contributed by atoms with van der Waals surface area (Å²) >= 11 is 12.8. The molecule has 2 aromatic carbocycles. The largest absolute Gasteiger partial charge is 0.483 e. The number of amides is 2. The molecule has 0 aliphatic heterocycles. The van der Waals surface area contributed by atoms with Crippen molar-refractivity contribution in [3.8, 4) is 5.75 Å². The van der Waals surface area contributed by atoms with E-state index in [1.165, 1.54) is 4.90 Å². The van der Waals surface area contributed by atoms with Crippen LogP contribution in [0.4, 0.5) is 0 Å². The molecule has 5 nitrogen and oxygen atoms in total. The maximum absolute atomic E-state index is 13.4. The second kappa shape index (κ2) is 11.3. The van der Waals surface area contributed by atoms with Gasteiger partial charge in [0.25, 0.3) is 5.91 Å². The Morgan fingerprint density at radius 3 is 2.24 bits per heavy atom. The first kappa shape index (κ1) is 27.0. The third-order valence-corrected chi connectivity index (χ3v) is 6.10. The number of aryl methyl sites for hydroxylation is 2. The van der Waals surface area contributed by atoms with Crippen LogP contribution in [0.2, 0.25) is 10.0 Å². The number of halogens is 2. The highest BCUT2D eigenvalue weighted by molar-refractivity contribution is 6.36. The smallest absolute Gasteiger partial charge is 0.261 e. The van der Waals surface area contributed by atoms with Crippen molar-refractivity contribution in [1.82, 2.24) is 10.2 Å². The number of ether oxygens (including phenoxy) is 1. The summed E-state index contributed by atoms with van der Waals surface area (Å²) in [7, 11) is 0. The molecule has 1 atom stereocenters. The molecule has 1 unspecified atom stereocenters. The molecule has 0 spiro atoms. The van der Waals surface area contributed by atoms with Crippen LogP contribution in [0.15, 0.2) is 30.3 Å². The van der Waals surface area contributed by atoms with E-state index in [2.05, 4.69) is 11.4 Å². The van der Waals surface area contributed by atoms with E-state index in [1.807, 2.05) is 54.5 Å². The molecule has 0 saturated heterocycles. The highest BCUT2D eigenvalue weighted by atomic mass is 35.5. The number of benzene rings is 2. The molecule has 0 heterocycles. The van der Waals surface area contributed by atoms with Gasteiger partial charge in [0.05, 0.1) is 0 Å². The van der Waals surface area contributed by atoms with Crippen LogP contribution >= 0.6 is 23.2 Å². The number of nitrogens with zero attached hydrogens (tertiary/aromatic N) is 1. The maximum atomic E-state index is 13.4. The molecule has 7 heteroatoms. The molecule has 1 N–H and O–H groups in total. The molecule has 0 aromatic heterocycles. The van der Waals surface area contributed by atoms with Crippen molar-refractivity contribution >= 4 is 35.0 Å². The van der Waals surface area contributed by atoms with Crippen molar-refractivity contribution in [3.05, 3.63) is 62.6 Å². The summed E-state index contributed by atoms with van der Waals surface area (Å²) in [6, 6.07) is 8.46. The fourth-order valence-corrected chi connectivity index (χ4v) is 4.12. The molecule has 0 radical (unpaired) electrons. The van der Waals surface area contributed by atoms with Gasteiger partial charge in [0, 0.05) is 27.7 Å². The first-order valence-corrected chi connectivity index (χ1v) is 11.8. The van der Waals surface area contributed by atoms with Gasteiger partial charge in [-0.2, -0.15) is 0 Å². The molecule has 2 rings (SSSR count). The van der Waals surface area contributed by atoms with E-state index in [-0.39, 0.29) is 25.0 Å². The highest BCUT2D eigenvalue weighted by Gasteiger charge is 2.31. The van der Waals surface area contributed by atoms with E-state index in [0.717, 1.165) is 16.7 Å². The van der Waals surface area contributed by atoms with Crippen molar-refractivity contribution < 1.29 is 14.3 Å². The summed E-state index contributed by atoms with van der Waals surface area (Å²) in [4.78, 5) is 28.0. The first-order valence-electron chi connectivity index (χ1n) is 11.1. The predicted molar refractivity (Wildman–Crippen MR) is 135 cm³/mol. The zero-order chi connectivity index (χ0) is 24.9. The minimum atomic E-state index is -0.701. The van der Waals surface area contributed by atoms with Gasteiger partial charge in [-0.25, -0.2) is 0 Å². The van der Waals surface area contributed by atoms with Gasteiger partial charge in [0.2, 0.25) is 5.91 Å². The lowest BCUT2D eigenvalue weighted by Crippen LogP contribution is -2.54. The zero-order valence-electron chi connectivity index (χ0n) is 20.5. The van der Waals surface area contributed by atoms with Crippen LogP contribution in [0.5, 0.6) is 5.75 Å². The van der Waals surface area contributed by atoms with E-state index < -0.39 is 11.6 Å². The molecule has 0 aliphatic carbocycles. The molecule has 0 bridgehead atoms. The fraction of sp³-hybridized carbons (Fsp3) is 0.462. The summed E-state index contributed by atoms with van der Waals surface area (Å²) in [5, 5.41) is 3.86. The van der Waals surface area contributed by atoms with Gasteiger partial charge < -0.3 is 15.0 Å². The second-order valence-electron chi connectivity index (χ2n) is 9.38. The molecule has 2 aromatic rings. The fourth-order valence-electron chi connectivity index (χ4n) is 3.60. The molecule has 180 valence electrons. The second-order valence-corrected chi connectivity index (χ2v) is 10.2. The van der Waals surface area contributed by atoms with E-state index in [4.69, 9.17) is 27.9 Å². The van der Waals surface area contributed by atoms with Crippen LogP contribution in [0.25, 0.3) is 0 Å². The van der Waals surface area contributed by atoms with Crippen molar-refractivity contribution in [1.29, 1.82) is 0 Å². The van der Waals surface area contributed by atoms with Crippen molar-refractivity contribution in [2.75, 3.05) is 6.61 Å². The summed E-state index contributed by atoms with van der Waals surface area (Å²) in [6.45, 7) is 13.4. The van der Waals surface area contributed by atoms with E-state index in [1.54, 1.807) is 18.2 Å². The topological polar surface area (TPSA) is 58.6 Å². The number of hydrogen-bond acceptors (Lipinski definition) is 3. The summed E-state index contributed by atoms with van der Waals surface area (Å²) in [5.74, 6) is 0.105. The Morgan fingerprint density at radius 1 is 1.09 bits per heavy atom. The van der Waals surface area contributed by atoms with Gasteiger partial charge >= 0.3 is 0 Å². The molecule has 0 saturated carbocycles. The Labute approximate surface area is 207 Å². The summed E-state index contributed by atoms with van der Waals surface area (Å²) in [5.41, 5.74) is 3.28. The van der Waals surface area contributed by atoms with Crippen molar-refractivity contribution in [3.63, 3.8) is 0 Å². The average molecular weight is 493 g/mol. The predicted octanol–water partition coefficient (Wildman–Crippen LogP) is 6.02. The van der Waals surface area contributed by atoms with E-state index in [9.17, 15) is 9.59 Å². The Bertz CT molecular complexity index is 995. The van der Waals surface area contributed by atoms with Crippen LogP contribution in [0, 0.1) is 20.8 Å². The molecule has 33 heavy (non-hydrogen) atoms. The monoisotopic (exact) mass is 492 g/mol. The van der Waals surface area contributed by atoms with Gasteiger partial charge in [-0.1, -0.05) is 42.3 Å². The van der Waals surface area contributed by atoms with Gasteiger partial charge in [0.1, 0.15) is 11.8 Å². The van der Waals surface area contributed by atoms with E-state index in [0.29, 0.717) is 27.8 Å². The summed E-state index contributed by atoms with van der Waals surface area (Å²) in [6.07, 6.45) is 0.429. The zero-order valence-corrected chi connectivity index (χ0v) is 22.0. The van der Waals surface area contributed by atoms with Gasteiger partial charge in [-0.3, -0.25) is 9.59 Å². The molecule has 2 amide bonds. The van der Waals surface area contributed by atoms with Crippen molar-refractivity contribution in [2.24, 2.45) is 0 Å². The number of hydrogen-bond donors (Lipinski definition) is 1. The quantitative estimate of drug-likeness (QED) is 0.489. The number of carbonyl (C=O) groups excluding carboxylic acids is 2. The Balaban J connectivity index is 2.36. The molecule has 0 fully saturated rings. The lowest BCUT2D eigenvalue weighted by atomic mass is 10.1. The standard InChI is InChI=1S/C26H34Cl2N2O3/c1-8-22(25(32)29-26(5,6)7)30(14-19-20(27)10-9-11-21(19)28)24(31)15-33-23-13-16(2)12-17(3)18(23)4/h9-13,22H,8,14-15H2,1-7H3,(H,29,32).